The molecule has 7 heteroatoms. The highest BCUT2D eigenvalue weighted by atomic mass is 19.1. The summed E-state index contributed by atoms with van der Waals surface area (Å²) < 4.78 is 33.8. The quantitative estimate of drug-likeness (QED) is 0.426. The zero-order valence-corrected chi connectivity index (χ0v) is 20.1. The first-order valence-electron chi connectivity index (χ1n) is 11.9. The Morgan fingerprint density at radius 2 is 1.94 bits per heavy atom. The molecule has 1 aliphatic rings. The van der Waals surface area contributed by atoms with Gasteiger partial charge in [0.25, 0.3) is 0 Å². The van der Waals surface area contributed by atoms with Crippen molar-refractivity contribution in [2.75, 3.05) is 33.4 Å². The van der Waals surface area contributed by atoms with E-state index in [0.29, 0.717) is 13.2 Å². The van der Waals surface area contributed by atoms with Gasteiger partial charge >= 0.3 is 0 Å². The van der Waals surface area contributed by atoms with Crippen LogP contribution in [0.5, 0.6) is 11.5 Å². The average molecular weight is 468 g/mol. The highest BCUT2D eigenvalue weighted by Gasteiger charge is 2.34. The average Bonchev–Trinajstić information content (AvgIpc) is 3.14. The lowest BCUT2D eigenvalue weighted by atomic mass is 9.95. The summed E-state index contributed by atoms with van der Waals surface area (Å²) >= 11 is 0. The van der Waals surface area contributed by atoms with E-state index in [1.54, 1.807) is 25.3 Å². The van der Waals surface area contributed by atoms with Crippen molar-refractivity contribution in [3.05, 3.63) is 78.1 Å². The van der Waals surface area contributed by atoms with Crippen molar-refractivity contribution in [2.24, 2.45) is 0 Å². The molecule has 1 fully saturated rings. The molecule has 0 unspecified atom stereocenters. The molecule has 0 spiro atoms. The smallest absolute Gasteiger partial charge is 0.165 e. The third-order valence-electron chi connectivity index (χ3n) is 6.58. The minimum Gasteiger partial charge on any atom is -0.492 e. The van der Waals surface area contributed by atoms with Crippen molar-refractivity contribution >= 4 is 0 Å². The third kappa shape index (κ3) is 6.36. The predicted molar refractivity (Wildman–Crippen MR) is 130 cm³/mol. The maximum absolute atomic E-state index is 14.0. The maximum atomic E-state index is 14.0. The summed E-state index contributed by atoms with van der Waals surface area (Å²) in [6, 6.07) is 14.8. The highest BCUT2D eigenvalue weighted by molar-refractivity contribution is 5.28. The molecule has 2 aromatic carbocycles. The van der Waals surface area contributed by atoms with Crippen LogP contribution >= 0.6 is 0 Å². The third-order valence-corrected chi connectivity index (χ3v) is 6.58. The highest BCUT2D eigenvalue weighted by Crippen LogP contribution is 2.29. The van der Waals surface area contributed by atoms with Crippen molar-refractivity contribution in [1.82, 2.24) is 14.5 Å². The van der Waals surface area contributed by atoms with Crippen LogP contribution in [0.15, 0.2) is 60.9 Å². The minimum absolute atomic E-state index is 0.278. The molecule has 6 nitrogen and oxygen atoms in total. The first kappa shape index (κ1) is 24.2. The molecular weight excluding hydrogens is 433 g/mol. The lowest BCUT2D eigenvalue weighted by molar-refractivity contribution is -0.0548. The van der Waals surface area contributed by atoms with E-state index < -0.39 is 5.60 Å². The molecule has 3 aromatic rings. The number of nitrogens with zero attached hydrogens (tertiary/aromatic N) is 3. The van der Waals surface area contributed by atoms with Gasteiger partial charge in [-0.05, 0) is 62.6 Å². The fourth-order valence-corrected chi connectivity index (χ4v) is 4.45. The Labute approximate surface area is 201 Å². The van der Waals surface area contributed by atoms with E-state index in [4.69, 9.17) is 14.2 Å². The molecule has 2 heterocycles. The van der Waals surface area contributed by atoms with Gasteiger partial charge in [0.1, 0.15) is 30.4 Å². The van der Waals surface area contributed by atoms with Crippen molar-refractivity contribution in [1.29, 1.82) is 0 Å². The SMILES string of the molecule is CO[C@]1(COc2ccccc2F)CCCN(Cc2cccc(OCCn3ccnc3C)c2)CC1. The molecule has 0 saturated carbocycles. The van der Waals surface area contributed by atoms with Gasteiger partial charge in [-0.1, -0.05) is 24.3 Å². The van der Waals surface area contributed by atoms with Gasteiger partial charge < -0.3 is 18.8 Å². The summed E-state index contributed by atoms with van der Waals surface area (Å²) in [5, 5.41) is 0. The van der Waals surface area contributed by atoms with E-state index in [9.17, 15) is 4.39 Å². The Morgan fingerprint density at radius 1 is 1.06 bits per heavy atom. The van der Waals surface area contributed by atoms with Crippen LogP contribution in [-0.4, -0.2) is 53.5 Å². The summed E-state index contributed by atoms with van der Waals surface area (Å²) in [5.74, 6) is 1.81. The molecule has 0 N–H and O–H groups in total. The summed E-state index contributed by atoms with van der Waals surface area (Å²) in [5.41, 5.74) is 0.816. The second-order valence-corrected chi connectivity index (χ2v) is 8.90. The predicted octanol–water partition coefficient (Wildman–Crippen LogP) is 4.86. The fraction of sp³-hybridized carbons (Fsp3) is 0.444. The van der Waals surface area contributed by atoms with Gasteiger partial charge in [0.05, 0.1) is 6.54 Å². The van der Waals surface area contributed by atoms with Gasteiger partial charge in [-0.3, -0.25) is 4.90 Å². The van der Waals surface area contributed by atoms with Crippen LogP contribution in [0.1, 0.15) is 30.7 Å². The summed E-state index contributed by atoms with van der Waals surface area (Å²) in [4.78, 5) is 6.69. The number of aryl methyl sites for hydroxylation is 1. The fourth-order valence-electron chi connectivity index (χ4n) is 4.45. The Kier molecular flexibility index (Phi) is 8.19. The number of imidazole rings is 1. The van der Waals surface area contributed by atoms with Crippen LogP contribution in [0.4, 0.5) is 4.39 Å². The van der Waals surface area contributed by atoms with Crippen molar-refractivity contribution < 1.29 is 18.6 Å². The van der Waals surface area contributed by atoms with Gasteiger partial charge in [-0.2, -0.15) is 0 Å². The molecule has 1 saturated heterocycles. The Bertz CT molecular complexity index is 1060. The monoisotopic (exact) mass is 467 g/mol. The summed E-state index contributed by atoms with van der Waals surface area (Å²) in [7, 11) is 1.73. The first-order valence-corrected chi connectivity index (χ1v) is 11.9. The number of halogens is 1. The van der Waals surface area contributed by atoms with Crippen LogP contribution < -0.4 is 9.47 Å². The summed E-state index contributed by atoms with van der Waals surface area (Å²) in [6.45, 7) is 6.43. The molecule has 1 aromatic heterocycles. The molecular formula is C27H34FN3O3. The van der Waals surface area contributed by atoms with Gasteiger partial charge in [-0.15, -0.1) is 0 Å². The maximum Gasteiger partial charge on any atom is 0.165 e. The van der Waals surface area contributed by atoms with Crippen molar-refractivity contribution in [2.45, 2.75) is 44.9 Å². The number of para-hydroxylation sites is 1. The number of methoxy groups -OCH3 is 1. The number of ether oxygens (including phenoxy) is 3. The zero-order chi connectivity index (χ0) is 23.8. The van der Waals surface area contributed by atoms with Crippen LogP contribution in [0.2, 0.25) is 0 Å². The van der Waals surface area contributed by atoms with Crippen LogP contribution in [0.3, 0.4) is 0 Å². The molecule has 0 aliphatic carbocycles. The topological polar surface area (TPSA) is 48.8 Å². The standard InChI is InChI=1S/C27H34FN3O3/c1-22-29-13-16-31(22)17-18-33-24-8-5-7-23(19-24)20-30-14-6-11-27(32-2,12-15-30)21-34-26-10-4-3-9-25(26)28/h3-5,7-10,13,16,19H,6,11-12,14-15,17-18,20-21H2,1-2H3/t27-/m1/s1. The van der Waals surface area contributed by atoms with Crippen LogP contribution in [0.25, 0.3) is 0 Å². The molecule has 182 valence electrons. The van der Waals surface area contributed by atoms with E-state index in [0.717, 1.165) is 57.0 Å². The van der Waals surface area contributed by atoms with Crippen molar-refractivity contribution in [3.63, 3.8) is 0 Å². The number of hydrogen-bond donors (Lipinski definition) is 0. The molecule has 1 atom stereocenters. The number of aromatic nitrogens is 2. The first-order chi connectivity index (χ1) is 16.6. The molecule has 4 rings (SSSR count). The van der Waals surface area contributed by atoms with Gasteiger partial charge in [0, 0.05) is 32.6 Å². The largest absolute Gasteiger partial charge is 0.492 e. The van der Waals surface area contributed by atoms with Crippen LogP contribution in [0, 0.1) is 12.7 Å². The van der Waals surface area contributed by atoms with Crippen molar-refractivity contribution in [3.8, 4) is 11.5 Å². The molecule has 1 aliphatic heterocycles. The zero-order valence-electron chi connectivity index (χ0n) is 20.1. The minimum atomic E-state index is -0.409. The van der Waals surface area contributed by atoms with E-state index >= 15 is 0 Å². The van der Waals surface area contributed by atoms with E-state index in [-0.39, 0.29) is 11.6 Å². The Hall–Kier alpha value is -2.90. The molecule has 0 bridgehead atoms. The van der Waals surface area contributed by atoms with E-state index in [1.807, 2.05) is 31.5 Å². The van der Waals surface area contributed by atoms with E-state index in [2.05, 4.69) is 26.6 Å². The number of hydrogen-bond acceptors (Lipinski definition) is 5. The lowest BCUT2D eigenvalue weighted by Crippen LogP contribution is -2.39. The van der Waals surface area contributed by atoms with E-state index in [1.165, 1.54) is 11.6 Å². The molecule has 0 radical (unpaired) electrons. The van der Waals surface area contributed by atoms with Crippen LogP contribution in [-0.2, 0) is 17.8 Å². The Morgan fingerprint density at radius 3 is 2.74 bits per heavy atom. The normalized spacial score (nSPS) is 19.0. The number of rotatable bonds is 10. The summed E-state index contributed by atoms with van der Waals surface area (Å²) in [6.07, 6.45) is 6.48. The second kappa shape index (κ2) is 11.5. The second-order valence-electron chi connectivity index (χ2n) is 8.90. The molecule has 34 heavy (non-hydrogen) atoms. The number of likely N-dealkylation sites (tertiary alicyclic amines) is 1. The van der Waals surface area contributed by atoms with Gasteiger partial charge in [-0.25, -0.2) is 9.37 Å². The van der Waals surface area contributed by atoms with Gasteiger partial charge in [0.15, 0.2) is 11.6 Å². The Balaban J connectivity index is 1.29. The van der Waals surface area contributed by atoms with Gasteiger partial charge in [0.2, 0.25) is 0 Å². The number of benzene rings is 2. The molecule has 0 amide bonds. The lowest BCUT2D eigenvalue weighted by Gasteiger charge is -2.31.